The Morgan fingerprint density at radius 3 is 2.52 bits per heavy atom. The first-order valence-electron chi connectivity index (χ1n) is 8.94. The van der Waals surface area contributed by atoms with Gasteiger partial charge in [0.15, 0.2) is 0 Å². The van der Waals surface area contributed by atoms with Crippen molar-refractivity contribution in [1.82, 2.24) is 4.72 Å². The van der Waals surface area contributed by atoms with Crippen molar-refractivity contribution in [3.63, 3.8) is 0 Å². The molecule has 9 heteroatoms. The minimum absolute atomic E-state index is 0.0290. The molecule has 2 amide bonds. The van der Waals surface area contributed by atoms with E-state index < -0.39 is 15.9 Å². The first-order chi connectivity index (χ1) is 13.8. The molecule has 0 atom stereocenters. The Bertz CT molecular complexity index is 1050. The Morgan fingerprint density at radius 2 is 1.93 bits per heavy atom. The minimum Gasteiger partial charge on any atom is -0.322 e. The van der Waals surface area contributed by atoms with Crippen molar-refractivity contribution in [1.29, 1.82) is 0 Å². The minimum atomic E-state index is -3.65. The summed E-state index contributed by atoms with van der Waals surface area (Å²) in [5, 5.41) is 3.08. The molecule has 1 heterocycles. The summed E-state index contributed by atoms with van der Waals surface area (Å²) in [5.74, 6) is -0.379. The smallest absolute Gasteiger partial charge is 0.255 e. The van der Waals surface area contributed by atoms with Gasteiger partial charge in [0.05, 0.1) is 15.6 Å². The van der Waals surface area contributed by atoms with Crippen LogP contribution in [0.2, 0.25) is 5.02 Å². The fourth-order valence-corrected chi connectivity index (χ4v) is 4.23. The van der Waals surface area contributed by atoms with Gasteiger partial charge >= 0.3 is 0 Å². The normalized spacial score (nSPS) is 14.1. The highest BCUT2D eigenvalue weighted by molar-refractivity contribution is 7.89. The molecule has 1 aliphatic heterocycles. The van der Waals surface area contributed by atoms with Crippen molar-refractivity contribution in [3.8, 4) is 0 Å². The van der Waals surface area contributed by atoms with Crippen LogP contribution in [0.3, 0.4) is 0 Å². The second-order valence-corrected chi connectivity index (χ2v) is 8.61. The molecule has 29 heavy (non-hydrogen) atoms. The number of amides is 2. The second-order valence-electron chi connectivity index (χ2n) is 6.43. The number of anilines is 2. The number of nitrogens with one attached hydrogen (secondary N) is 2. The van der Waals surface area contributed by atoms with E-state index in [1.54, 1.807) is 23.1 Å². The van der Waals surface area contributed by atoms with E-state index in [1.807, 2.05) is 0 Å². The predicted molar refractivity (Wildman–Crippen MR) is 113 cm³/mol. The molecule has 7 nitrogen and oxygen atoms in total. The van der Waals surface area contributed by atoms with Crippen molar-refractivity contribution in [3.05, 3.63) is 65.7 Å². The molecule has 2 aromatic carbocycles. The van der Waals surface area contributed by atoms with Crippen LogP contribution in [0.5, 0.6) is 0 Å². The fourth-order valence-electron chi connectivity index (χ4n) is 2.95. The van der Waals surface area contributed by atoms with Crippen LogP contribution in [-0.4, -0.2) is 33.3 Å². The van der Waals surface area contributed by atoms with E-state index in [2.05, 4.69) is 16.6 Å². The zero-order chi connectivity index (χ0) is 21.0. The number of benzene rings is 2. The lowest BCUT2D eigenvalue weighted by Gasteiger charge is -2.18. The SMILES string of the molecule is C=CCNS(=O)(=O)c1ccc(C(=O)Nc2ccc(N3CCCC3=O)c(Cl)c2)cc1. The van der Waals surface area contributed by atoms with E-state index >= 15 is 0 Å². The Labute approximate surface area is 174 Å². The molecule has 1 saturated heterocycles. The second kappa shape index (κ2) is 8.77. The first-order valence-corrected chi connectivity index (χ1v) is 10.8. The van der Waals surface area contributed by atoms with Gasteiger partial charge in [0, 0.05) is 30.8 Å². The van der Waals surface area contributed by atoms with Crippen molar-refractivity contribution < 1.29 is 18.0 Å². The van der Waals surface area contributed by atoms with Crippen LogP contribution < -0.4 is 14.9 Å². The van der Waals surface area contributed by atoms with Gasteiger partial charge in [0.25, 0.3) is 5.91 Å². The first kappa shape index (κ1) is 21.0. The molecule has 2 aromatic rings. The molecule has 0 radical (unpaired) electrons. The Morgan fingerprint density at radius 1 is 1.21 bits per heavy atom. The Balaban J connectivity index is 1.71. The quantitative estimate of drug-likeness (QED) is 0.655. The lowest BCUT2D eigenvalue weighted by Crippen LogP contribution is -2.24. The van der Waals surface area contributed by atoms with Gasteiger partial charge < -0.3 is 10.2 Å². The molecule has 0 saturated carbocycles. The summed E-state index contributed by atoms with van der Waals surface area (Å²) in [7, 11) is -3.65. The average molecular weight is 434 g/mol. The lowest BCUT2D eigenvalue weighted by molar-refractivity contribution is -0.117. The van der Waals surface area contributed by atoms with Crippen LogP contribution in [0.4, 0.5) is 11.4 Å². The number of rotatable bonds is 7. The molecule has 1 aliphatic rings. The fraction of sp³-hybridized carbons (Fsp3) is 0.200. The topological polar surface area (TPSA) is 95.6 Å². The van der Waals surface area contributed by atoms with Crippen molar-refractivity contribution >= 4 is 44.8 Å². The molecule has 2 N–H and O–H groups in total. The third-order valence-corrected chi connectivity index (χ3v) is 6.16. The number of sulfonamides is 1. The molecular weight excluding hydrogens is 414 g/mol. The van der Waals surface area contributed by atoms with Gasteiger partial charge in [-0.15, -0.1) is 6.58 Å². The van der Waals surface area contributed by atoms with E-state index in [4.69, 9.17) is 11.6 Å². The molecular formula is C20H20ClN3O4S. The highest BCUT2D eigenvalue weighted by Gasteiger charge is 2.23. The largest absolute Gasteiger partial charge is 0.322 e. The van der Waals surface area contributed by atoms with E-state index in [9.17, 15) is 18.0 Å². The maximum atomic E-state index is 12.5. The third kappa shape index (κ3) is 4.84. The van der Waals surface area contributed by atoms with Crippen LogP contribution >= 0.6 is 11.6 Å². The van der Waals surface area contributed by atoms with Gasteiger partial charge in [0.1, 0.15) is 0 Å². The Kier molecular flexibility index (Phi) is 6.36. The monoisotopic (exact) mass is 433 g/mol. The summed E-state index contributed by atoms with van der Waals surface area (Å²) in [6.07, 6.45) is 2.74. The van der Waals surface area contributed by atoms with Gasteiger partial charge in [-0.25, -0.2) is 13.1 Å². The third-order valence-electron chi connectivity index (χ3n) is 4.41. The molecule has 0 spiro atoms. The van der Waals surface area contributed by atoms with Crippen LogP contribution in [0.15, 0.2) is 60.0 Å². The average Bonchev–Trinajstić information content (AvgIpc) is 3.12. The van der Waals surface area contributed by atoms with Crippen LogP contribution in [-0.2, 0) is 14.8 Å². The summed E-state index contributed by atoms with van der Waals surface area (Å²) in [6.45, 7) is 4.21. The number of hydrogen-bond acceptors (Lipinski definition) is 4. The number of halogens is 1. The maximum Gasteiger partial charge on any atom is 0.255 e. The van der Waals surface area contributed by atoms with Crippen molar-refractivity contribution in [2.75, 3.05) is 23.3 Å². The summed E-state index contributed by atoms with van der Waals surface area (Å²) in [6, 6.07) is 10.5. The Hall–Kier alpha value is -2.68. The summed E-state index contributed by atoms with van der Waals surface area (Å²) >= 11 is 6.29. The molecule has 0 aliphatic carbocycles. The van der Waals surface area contributed by atoms with Crippen molar-refractivity contribution in [2.24, 2.45) is 0 Å². The van der Waals surface area contributed by atoms with Gasteiger partial charge in [0.2, 0.25) is 15.9 Å². The van der Waals surface area contributed by atoms with E-state index in [-0.39, 0.29) is 17.3 Å². The van der Waals surface area contributed by atoms with Crippen LogP contribution in [0.25, 0.3) is 0 Å². The van der Waals surface area contributed by atoms with Crippen LogP contribution in [0.1, 0.15) is 23.2 Å². The van der Waals surface area contributed by atoms with E-state index in [0.717, 1.165) is 6.42 Å². The van der Waals surface area contributed by atoms with Crippen molar-refractivity contribution in [2.45, 2.75) is 17.7 Å². The standard InChI is InChI=1S/C20H20ClN3O4S/c1-2-11-22-29(27,28)16-8-5-14(6-9-16)20(26)23-15-7-10-18(17(21)13-15)24-12-3-4-19(24)25/h2,5-10,13,22H,1,3-4,11-12H2,(H,23,26). The summed E-state index contributed by atoms with van der Waals surface area (Å²) < 4.78 is 26.5. The summed E-state index contributed by atoms with van der Waals surface area (Å²) in [5.41, 5.74) is 1.39. The molecule has 1 fully saturated rings. The van der Waals surface area contributed by atoms with E-state index in [0.29, 0.717) is 34.9 Å². The van der Waals surface area contributed by atoms with Gasteiger partial charge in [-0.2, -0.15) is 0 Å². The predicted octanol–water partition coefficient (Wildman–Crippen LogP) is 3.18. The molecule has 0 unspecified atom stereocenters. The van der Waals surface area contributed by atoms with E-state index in [1.165, 1.54) is 30.3 Å². The highest BCUT2D eigenvalue weighted by atomic mass is 35.5. The molecule has 0 bridgehead atoms. The highest BCUT2D eigenvalue weighted by Crippen LogP contribution is 2.31. The number of carbonyl (C=O) groups is 2. The van der Waals surface area contributed by atoms with Gasteiger partial charge in [-0.3, -0.25) is 9.59 Å². The zero-order valence-corrected chi connectivity index (χ0v) is 17.1. The molecule has 152 valence electrons. The number of carbonyl (C=O) groups excluding carboxylic acids is 2. The zero-order valence-electron chi connectivity index (χ0n) is 15.5. The van der Waals surface area contributed by atoms with Gasteiger partial charge in [-0.05, 0) is 48.9 Å². The number of hydrogen-bond donors (Lipinski definition) is 2. The lowest BCUT2D eigenvalue weighted by atomic mass is 10.2. The summed E-state index contributed by atoms with van der Waals surface area (Å²) in [4.78, 5) is 26.0. The molecule has 0 aromatic heterocycles. The van der Waals surface area contributed by atoms with Crippen LogP contribution in [0, 0.1) is 0 Å². The maximum absolute atomic E-state index is 12.5. The number of nitrogens with zero attached hydrogens (tertiary/aromatic N) is 1. The molecule has 3 rings (SSSR count). The van der Waals surface area contributed by atoms with Gasteiger partial charge in [-0.1, -0.05) is 17.7 Å².